The Morgan fingerprint density at radius 3 is 2.64 bits per heavy atom. The molecule has 0 bridgehead atoms. The van der Waals surface area contributed by atoms with Crippen LogP contribution in [0.4, 0.5) is 0 Å². The third kappa shape index (κ3) is 2.72. The number of fused-ring (bicyclic) bond motifs is 1. The summed E-state index contributed by atoms with van der Waals surface area (Å²) in [5, 5.41) is 4.81. The second-order valence-corrected chi connectivity index (χ2v) is 7.68. The number of nitrogens with one attached hydrogen (secondary N) is 1. The van der Waals surface area contributed by atoms with Gasteiger partial charge in [-0.1, -0.05) is 23.7 Å². The maximum atomic E-state index is 12.9. The van der Waals surface area contributed by atoms with Crippen LogP contribution in [0.1, 0.15) is 12.8 Å². The van der Waals surface area contributed by atoms with Gasteiger partial charge in [0.2, 0.25) is 10.0 Å². The molecule has 1 aromatic carbocycles. The van der Waals surface area contributed by atoms with Crippen LogP contribution < -0.4 is 5.32 Å². The van der Waals surface area contributed by atoms with Gasteiger partial charge >= 0.3 is 0 Å². The molecule has 0 aliphatic carbocycles. The molecule has 1 aromatic heterocycles. The molecule has 0 spiro atoms. The molecule has 0 atom stereocenters. The summed E-state index contributed by atoms with van der Waals surface area (Å²) in [7, 11) is -1.61. The van der Waals surface area contributed by atoms with Gasteiger partial charge in [0.15, 0.2) is 0 Å². The van der Waals surface area contributed by atoms with Crippen LogP contribution in [0, 0.1) is 0 Å². The number of piperidine rings is 1. The van der Waals surface area contributed by atoms with Crippen molar-refractivity contribution in [2.75, 3.05) is 20.1 Å². The molecule has 0 saturated carbocycles. The first kappa shape index (κ1) is 15.7. The predicted molar refractivity (Wildman–Crippen MR) is 87.6 cm³/mol. The highest BCUT2D eigenvalue weighted by atomic mass is 35.5. The van der Waals surface area contributed by atoms with Gasteiger partial charge in [-0.15, -0.1) is 0 Å². The van der Waals surface area contributed by atoms with Crippen molar-refractivity contribution in [2.45, 2.75) is 23.8 Å². The molecule has 0 unspecified atom stereocenters. The molecule has 1 aliphatic heterocycles. The van der Waals surface area contributed by atoms with Crippen LogP contribution >= 0.6 is 11.6 Å². The zero-order valence-corrected chi connectivity index (χ0v) is 13.9. The standard InChI is InChI=1S/C15H18ClN3O2S/c1-17-11-6-9-19(10-7-11)22(20,21)14-4-2-3-13-12(14)5-8-18-15(13)16/h2-5,8,11,17H,6-7,9-10H2,1H3. The van der Waals surface area contributed by atoms with E-state index in [4.69, 9.17) is 11.6 Å². The first-order valence-electron chi connectivity index (χ1n) is 7.24. The normalized spacial score (nSPS) is 17.9. The number of hydrogen-bond donors (Lipinski definition) is 1. The molecule has 5 nitrogen and oxygen atoms in total. The fourth-order valence-electron chi connectivity index (χ4n) is 2.89. The maximum Gasteiger partial charge on any atom is 0.243 e. The lowest BCUT2D eigenvalue weighted by Gasteiger charge is -2.31. The highest BCUT2D eigenvalue weighted by Gasteiger charge is 2.30. The summed E-state index contributed by atoms with van der Waals surface area (Å²) in [6.07, 6.45) is 3.18. The molecule has 2 aromatic rings. The number of hydrogen-bond acceptors (Lipinski definition) is 4. The van der Waals surface area contributed by atoms with E-state index in [1.807, 2.05) is 7.05 Å². The minimum atomic E-state index is -3.52. The minimum Gasteiger partial charge on any atom is -0.317 e. The summed E-state index contributed by atoms with van der Waals surface area (Å²) in [6.45, 7) is 1.06. The minimum absolute atomic E-state index is 0.303. The summed E-state index contributed by atoms with van der Waals surface area (Å²) in [5.41, 5.74) is 0. The first-order valence-corrected chi connectivity index (χ1v) is 9.06. The zero-order valence-electron chi connectivity index (χ0n) is 12.3. The van der Waals surface area contributed by atoms with Gasteiger partial charge in [0.1, 0.15) is 5.15 Å². The summed E-state index contributed by atoms with van der Waals surface area (Å²) in [6, 6.07) is 7.23. The lowest BCUT2D eigenvalue weighted by Crippen LogP contribution is -2.43. The smallest absolute Gasteiger partial charge is 0.243 e. The van der Waals surface area contributed by atoms with E-state index in [1.54, 1.807) is 28.6 Å². The third-order valence-electron chi connectivity index (χ3n) is 4.20. The quantitative estimate of drug-likeness (QED) is 0.871. The Labute approximate surface area is 135 Å². The summed E-state index contributed by atoms with van der Waals surface area (Å²) < 4.78 is 27.5. The van der Waals surface area contributed by atoms with Crippen LogP contribution in [0.2, 0.25) is 5.15 Å². The number of nitrogens with zero attached hydrogens (tertiary/aromatic N) is 2. The van der Waals surface area contributed by atoms with Crippen LogP contribution in [-0.4, -0.2) is 43.9 Å². The molecule has 0 radical (unpaired) electrons. The molecule has 22 heavy (non-hydrogen) atoms. The van der Waals surface area contributed by atoms with Gasteiger partial charge in [-0.25, -0.2) is 13.4 Å². The Bertz CT molecular complexity index is 786. The van der Waals surface area contributed by atoms with E-state index < -0.39 is 10.0 Å². The summed E-state index contributed by atoms with van der Waals surface area (Å²) in [4.78, 5) is 4.32. The van der Waals surface area contributed by atoms with Crippen molar-refractivity contribution in [1.82, 2.24) is 14.6 Å². The van der Waals surface area contributed by atoms with Crippen molar-refractivity contribution in [2.24, 2.45) is 0 Å². The number of aromatic nitrogens is 1. The van der Waals surface area contributed by atoms with Gasteiger partial charge in [-0.05, 0) is 32.0 Å². The van der Waals surface area contributed by atoms with Crippen molar-refractivity contribution in [1.29, 1.82) is 0 Å². The van der Waals surface area contributed by atoms with Crippen molar-refractivity contribution in [3.05, 3.63) is 35.6 Å². The fourth-order valence-corrected chi connectivity index (χ4v) is 4.79. The topological polar surface area (TPSA) is 62.3 Å². The van der Waals surface area contributed by atoms with E-state index >= 15 is 0 Å². The number of sulfonamides is 1. The molecule has 118 valence electrons. The van der Waals surface area contributed by atoms with Crippen LogP contribution in [0.25, 0.3) is 10.8 Å². The van der Waals surface area contributed by atoms with Gasteiger partial charge in [0.05, 0.1) is 4.90 Å². The van der Waals surface area contributed by atoms with Crippen LogP contribution in [0.15, 0.2) is 35.4 Å². The average molecular weight is 340 g/mol. The second-order valence-electron chi connectivity index (χ2n) is 5.42. The Balaban J connectivity index is 2.02. The average Bonchev–Trinajstić information content (AvgIpc) is 2.55. The summed E-state index contributed by atoms with van der Waals surface area (Å²) >= 11 is 6.07. The first-order chi connectivity index (χ1) is 10.5. The Morgan fingerprint density at radius 2 is 1.95 bits per heavy atom. The Hall–Kier alpha value is -1.21. The Kier molecular flexibility index (Phi) is 4.36. The molecular formula is C15H18ClN3O2S. The number of halogens is 1. The highest BCUT2D eigenvalue weighted by molar-refractivity contribution is 7.89. The summed E-state index contributed by atoms with van der Waals surface area (Å²) in [5.74, 6) is 0. The number of rotatable bonds is 3. The lowest BCUT2D eigenvalue weighted by atomic mass is 10.1. The molecule has 7 heteroatoms. The van der Waals surface area contributed by atoms with Gasteiger partial charge < -0.3 is 5.32 Å². The van der Waals surface area contributed by atoms with Gasteiger partial charge in [-0.2, -0.15) is 4.31 Å². The van der Waals surface area contributed by atoms with E-state index in [9.17, 15) is 8.42 Å². The largest absolute Gasteiger partial charge is 0.317 e. The highest BCUT2D eigenvalue weighted by Crippen LogP contribution is 2.30. The van der Waals surface area contributed by atoms with Gasteiger partial charge in [0.25, 0.3) is 0 Å². The van der Waals surface area contributed by atoms with Gasteiger partial charge in [-0.3, -0.25) is 0 Å². The molecule has 1 fully saturated rings. The molecule has 3 rings (SSSR count). The van der Waals surface area contributed by atoms with E-state index in [-0.39, 0.29) is 0 Å². The molecule has 1 saturated heterocycles. The van der Waals surface area contributed by atoms with Crippen LogP contribution in [0.3, 0.4) is 0 Å². The molecule has 1 aliphatic rings. The fraction of sp³-hybridized carbons (Fsp3) is 0.400. The van der Waals surface area contributed by atoms with Crippen molar-refractivity contribution >= 4 is 32.4 Å². The molecule has 0 amide bonds. The van der Waals surface area contributed by atoms with Crippen molar-refractivity contribution in [3.8, 4) is 0 Å². The number of benzene rings is 1. The Morgan fingerprint density at radius 1 is 1.23 bits per heavy atom. The van der Waals surface area contributed by atoms with Crippen LogP contribution in [-0.2, 0) is 10.0 Å². The predicted octanol–water partition coefficient (Wildman–Crippen LogP) is 2.26. The SMILES string of the molecule is CNC1CCN(S(=O)(=O)c2cccc3c(Cl)nccc23)CC1. The van der Waals surface area contributed by atoms with E-state index in [1.165, 1.54) is 6.20 Å². The van der Waals surface area contributed by atoms with Crippen molar-refractivity contribution in [3.63, 3.8) is 0 Å². The second kappa shape index (κ2) is 6.12. The lowest BCUT2D eigenvalue weighted by molar-refractivity contribution is 0.298. The molecular weight excluding hydrogens is 322 g/mol. The number of pyridine rings is 1. The monoisotopic (exact) mass is 339 g/mol. The van der Waals surface area contributed by atoms with E-state index in [0.29, 0.717) is 40.0 Å². The van der Waals surface area contributed by atoms with Gasteiger partial charge in [0, 0.05) is 36.1 Å². The molecule has 1 N–H and O–H groups in total. The molecule has 2 heterocycles. The maximum absolute atomic E-state index is 12.9. The van der Waals surface area contributed by atoms with Crippen LogP contribution in [0.5, 0.6) is 0 Å². The van der Waals surface area contributed by atoms with Crippen molar-refractivity contribution < 1.29 is 8.42 Å². The zero-order chi connectivity index (χ0) is 15.7. The van der Waals surface area contributed by atoms with E-state index in [2.05, 4.69) is 10.3 Å². The third-order valence-corrected chi connectivity index (χ3v) is 6.46. The van der Waals surface area contributed by atoms with E-state index in [0.717, 1.165) is 12.8 Å².